The third-order valence-electron chi connectivity index (χ3n) is 4.62. The maximum absolute atomic E-state index is 13.9. The fourth-order valence-electron chi connectivity index (χ4n) is 3.00. The second kappa shape index (κ2) is 8.72. The van der Waals surface area contributed by atoms with Crippen LogP contribution in [0.1, 0.15) is 43.9 Å². The molecule has 0 saturated heterocycles. The summed E-state index contributed by atoms with van der Waals surface area (Å²) in [6.45, 7) is 0.0819. The predicted octanol–water partition coefficient (Wildman–Crippen LogP) is 1.97. The summed E-state index contributed by atoms with van der Waals surface area (Å²) in [5, 5.41) is 0. The zero-order chi connectivity index (χ0) is 21.9. The van der Waals surface area contributed by atoms with Gasteiger partial charge in [-0.05, 0) is 50.2 Å². The number of hydrogen-bond donors (Lipinski definition) is 1. The number of unbranched alkanes of at least 4 members (excludes halogenated alkanes) is 1. The van der Waals surface area contributed by atoms with Crippen LogP contribution in [0.2, 0.25) is 0 Å². The maximum Gasteiger partial charge on any atom is 0.341 e. The van der Waals surface area contributed by atoms with Crippen LogP contribution in [0, 0.1) is 5.82 Å². The molecule has 1 heterocycles. The van der Waals surface area contributed by atoms with Crippen LogP contribution in [0.15, 0.2) is 47.4 Å². The Bertz CT molecular complexity index is 1080. The Labute approximate surface area is 172 Å². The van der Waals surface area contributed by atoms with Crippen LogP contribution in [0.5, 0.6) is 0 Å². The Kier molecular flexibility index (Phi) is 6.28. The molecule has 0 unspecified atom stereocenters. The van der Waals surface area contributed by atoms with Crippen LogP contribution in [0.3, 0.4) is 0 Å². The number of esters is 1. The van der Waals surface area contributed by atoms with Gasteiger partial charge in [0.25, 0.3) is 11.8 Å². The number of nitrogens with one attached hydrogen (secondary N) is 1. The highest BCUT2D eigenvalue weighted by atomic mass is 32.2. The minimum atomic E-state index is -3.84. The number of sulfonamides is 1. The SMILES string of the molecule is CNS(=O)(=O)c1ccc(F)c(C(=O)OCCCCN2C(=O)c3ccccc3C2=O)c1. The Balaban J connectivity index is 1.52. The molecule has 3 rings (SSSR count). The maximum atomic E-state index is 13.9. The van der Waals surface area contributed by atoms with Gasteiger partial charge in [0.1, 0.15) is 5.82 Å². The molecule has 2 aromatic rings. The van der Waals surface area contributed by atoms with Crippen LogP contribution >= 0.6 is 0 Å². The van der Waals surface area contributed by atoms with Crippen molar-refractivity contribution in [2.75, 3.05) is 20.2 Å². The van der Waals surface area contributed by atoms with Crippen LogP contribution in [0.4, 0.5) is 4.39 Å². The van der Waals surface area contributed by atoms with Gasteiger partial charge in [0.15, 0.2) is 0 Å². The average Bonchev–Trinajstić information content (AvgIpc) is 2.98. The number of fused-ring (bicyclic) bond motifs is 1. The molecule has 2 aromatic carbocycles. The summed E-state index contributed by atoms with van der Waals surface area (Å²) in [5.41, 5.74) is 0.230. The second-order valence-electron chi connectivity index (χ2n) is 6.50. The zero-order valence-electron chi connectivity index (χ0n) is 16.1. The fourth-order valence-corrected chi connectivity index (χ4v) is 3.76. The van der Waals surface area contributed by atoms with Crippen molar-refractivity contribution in [3.8, 4) is 0 Å². The summed E-state index contributed by atoms with van der Waals surface area (Å²) < 4.78 is 44.6. The van der Waals surface area contributed by atoms with Crippen molar-refractivity contribution in [2.24, 2.45) is 0 Å². The third kappa shape index (κ3) is 4.24. The van der Waals surface area contributed by atoms with Gasteiger partial charge < -0.3 is 4.74 Å². The van der Waals surface area contributed by atoms with E-state index < -0.39 is 27.4 Å². The molecule has 0 spiro atoms. The number of ether oxygens (including phenoxy) is 1. The predicted molar refractivity (Wildman–Crippen MR) is 104 cm³/mol. The lowest BCUT2D eigenvalue weighted by Gasteiger charge is -2.13. The number of nitrogens with zero attached hydrogens (tertiary/aromatic N) is 1. The van der Waals surface area contributed by atoms with E-state index in [-0.39, 0.29) is 29.9 Å². The molecule has 30 heavy (non-hydrogen) atoms. The highest BCUT2D eigenvalue weighted by molar-refractivity contribution is 7.89. The van der Waals surface area contributed by atoms with E-state index in [9.17, 15) is 27.2 Å². The second-order valence-corrected chi connectivity index (χ2v) is 8.39. The molecule has 1 aliphatic heterocycles. The molecule has 0 fully saturated rings. The van der Waals surface area contributed by atoms with Gasteiger partial charge in [-0.15, -0.1) is 0 Å². The molecule has 1 N–H and O–H groups in total. The molecule has 0 aliphatic carbocycles. The number of rotatable bonds is 8. The molecule has 0 aromatic heterocycles. The van der Waals surface area contributed by atoms with Gasteiger partial charge in [-0.2, -0.15) is 0 Å². The number of hydrogen-bond acceptors (Lipinski definition) is 6. The largest absolute Gasteiger partial charge is 0.462 e. The fraction of sp³-hybridized carbons (Fsp3) is 0.250. The van der Waals surface area contributed by atoms with E-state index in [1.807, 2.05) is 0 Å². The smallest absolute Gasteiger partial charge is 0.341 e. The zero-order valence-corrected chi connectivity index (χ0v) is 16.9. The van der Waals surface area contributed by atoms with Gasteiger partial charge in [-0.1, -0.05) is 12.1 Å². The molecular formula is C20H19FN2O6S. The first-order valence-corrected chi connectivity index (χ1v) is 10.6. The van der Waals surface area contributed by atoms with E-state index >= 15 is 0 Å². The first-order chi connectivity index (χ1) is 14.3. The standard InChI is InChI=1S/C20H19FN2O6S/c1-22-30(27,28)13-8-9-17(21)16(12-13)20(26)29-11-5-4-10-23-18(24)14-6-2-3-7-15(14)19(23)25/h2-3,6-9,12,22H,4-5,10-11H2,1H3. The Morgan fingerprint density at radius 1 is 1.07 bits per heavy atom. The monoisotopic (exact) mass is 434 g/mol. The molecular weight excluding hydrogens is 415 g/mol. The number of halogens is 1. The van der Waals surface area contributed by atoms with Gasteiger partial charge in [-0.3, -0.25) is 14.5 Å². The lowest BCUT2D eigenvalue weighted by molar-refractivity contribution is 0.0480. The molecule has 1 aliphatic rings. The molecule has 10 heteroatoms. The van der Waals surface area contributed by atoms with E-state index in [4.69, 9.17) is 4.74 Å². The Hall–Kier alpha value is -3.11. The Morgan fingerprint density at radius 2 is 1.70 bits per heavy atom. The van der Waals surface area contributed by atoms with Crippen molar-refractivity contribution in [1.29, 1.82) is 0 Å². The molecule has 8 nitrogen and oxygen atoms in total. The molecule has 0 radical (unpaired) electrons. The number of amides is 2. The van der Waals surface area contributed by atoms with Crippen molar-refractivity contribution in [2.45, 2.75) is 17.7 Å². The first-order valence-electron chi connectivity index (χ1n) is 9.11. The average molecular weight is 434 g/mol. The molecule has 158 valence electrons. The number of carbonyl (C=O) groups is 3. The van der Waals surface area contributed by atoms with Gasteiger partial charge >= 0.3 is 5.97 Å². The summed E-state index contributed by atoms with van der Waals surface area (Å²) in [5.74, 6) is -2.63. The Morgan fingerprint density at radius 3 is 2.30 bits per heavy atom. The van der Waals surface area contributed by atoms with Crippen LogP contribution in [0.25, 0.3) is 0 Å². The molecule has 2 amide bonds. The number of carbonyl (C=O) groups excluding carboxylic acids is 3. The molecule has 0 atom stereocenters. The van der Waals surface area contributed by atoms with Gasteiger partial charge in [0.05, 0.1) is 28.2 Å². The summed E-state index contributed by atoms with van der Waals surface area (Å²) in [6.07, 6.45) is 0.713. The van der Waals surface area contributed by atoms with E-state index in [0.717, 1.165) is 23.1 Å². The minimum absolute atomic E-state index is 0.0789. The van der Waals surface area contributed by atoms with Crippen LogP contribution in [-0.2, 0) is 14.8 Å². The number of benzene rings is 2. The lowest BCUT2D eigenvalue weighted by atomic mass is 10.1. The van der Waals surface area contributed by atoms with Crippen LogP contribution < -0.4 is 4.72 Å². The van der Waals surface area contributed by atoms with E-state index in [1.165, 1.54) is 7.05 Å². The summed E-state index contributed by atoms with van der Waals surface area (Å²) in [6, 6.07) is 9.37. The summed E-state index contributed by atoms with van der Waals surface area (Å²) in [4.78, 5) is 37.5. The summed E-state index contributed by atoms with van der Waals surface area (Å²) in [7, 11) is -2.64. The molecule has 0 saturated carbocycles. The van der Waals surface area contributed by atoms with E-state index in [2.05, 4.69) is 4.72 Å². The normalized spacial score (nSPS) is 13.5. The van der Waals surface area contributed by atoms with Crippen molar-refractivity contribution in [3.05, 3.63) is 65.0 Å². The highest BCUT2D eigenvalue weighted by Gasteiger charge is 2.34. The highest BCUT2D eigenvalue weighted by Crippen LogP contribution is 2.22. The van der Waals surface area contributed by atoms with Crippen molar-refractivity contribution in [1.82, 2.24) is 9.62 Å². The molecule has 0 bridgehead atoms. The van der Waals surface area contributed by atoms with Crippen molar-refractivity contribution >= 4 is 27.8 Å². The van der Waals surface area contributed by atoms with Crippen molar-refractivity contribution < 1.29 is 31.9 Å². The van der Waals surface area contributed by atoms with Gasteiger partial charge in [-0.25, -0.2) is 22.3 Å². The minimum Gasteiger partial charge on any atom is -0.462 e. The van der Waals surface area contributed by atoms with Crippen molar-refractivity contribution in [3.63, 3.8) is 0 Å². The first kappa shape index (κ1) is 21.6. The quantitative estimate of drug-likeness (QED) is 0.386. The van der Waals surface area contributed by atoms with Gasteiger partial charge in [0.2, 0.25) is 10.0 Å². The van der Waals surface area contributed by atoms with E-state index in [1.54, 1.807) is 24.3 Å². The van der Waals surface area contributed by atoms with E-state index in [0.29, 0.717) is 24.0 Å². The number of imide groups is 1. The lowest BCUT2D eigenvalue weighted by Crippen LogP contribution is -2.30. The van der Waals surface area contributed by atoms with Crippen LogP contribution in [-0.4, -0.2) is 51.3 Å². The van der Waals surface area contributed by atoms with Gasteiger partial charge in [0, 0.05) is 6.54 Å². The topological polar surface area (TPSA) is 110 Å². The summed E-state index contributed by atoms with van der Waals surface area (Å²) >= 11 is 0. The third-order valence-corrected chi connectivity index (χ3v) is 6.04.